The Labute approximate surface area is 145 Å². The first-order chi connectivity index (χ1) is 11.0. The zero-order chi connectivity index (χ0) is 16.8. The molecule has 0 aliphatic carbocycles. The van der Waals surface area contributed by atoms with E-state index in [1.54, 1.807) is 19.1 Å². The van der Waals surface area contributed by atoms with Gasteiger partial charge in [0, 0.05) is 5.69 Å². The molecule has 122 valence electrons. The first-order valence-corrected chi connectivity index (χ1v) is 7.91. The molecule has 2 rings (SSSR count). The lowest BCUT2D eigenvalue weighted by Gasteiger charge is -2.15. The zero-order valence-electron chi connectivity index (χ0n) is 12.8. The molecule has 23 heavy (non-hydrogen) atoms. The van der Waals surface area contributed by atoms with Gasteiger partial charge in [-0.3, -0.25) is 5.32 Å². The van der Waals surface area contributed by atoms with E-state index in [2.05, 4.69) is 5.32 Å². The number of benzene rings is 2. The zero-order valence-corrected chi connectivity index (χ0v) is 14.3. The summed E-state index contributed by atoms with van der Waals surface area (Å²) >= 11 is 12.2. The second-order valence-corrected chi connectivity index (χ2v) is 5.60. The summed E-state index contributed by atoms with van der Waals surface area (Å²) in [6.07, 6.45) is -0.956. The predicted octanol–water partition coefficient (Wildman–Crippen LogP) is 5.70. The first kappa shape index (κ1) is 17.4. The van der Waals surface area contributed by atoms with Gasteiger partial charge in [0.05, 0.1) is 16.7 Å². The van der Waals surface area contributed by atoms with Crippen molar-refractivity contribution in [2.45, 2.75) is 20.0 Å². The molecule has 2 aromatic carbocycles. The molecule has 4 nitrogen and oxygen atoms in total. The van der Waals surface area contributed by atoms with E-state index < -0.39 is 6.09 Å². The van der Waals surface area contributed by atoms with Gasteiger partial charge in [-0.1, -0.05) is 53.5 Å². The number of nitrogens with one attached hydrogen (secondary N) is 1. The van der Waals surface area contributed by atoms with Crippen LogP contribution in [0.2, 0.25) is 10.0 Å². The molecular weight excluding hydrogens is 337 g/mol. The molecule has 1 amide bonds. The van der Waals surface area contributed by atoms with Gasteiger partial charge in [-0.2, -0.15) is 0 Å². The lowest BCUT2D eigenvalue weighted by Crippen LogP contribution is -2.16. The summed E-state index contributed by atoms with van der Waals surface area (Å²) in [4.78, 5) is 12.0. The topological polar surface area (TPSA) is 47.6 Å². The van der Waals surface area contributed by atoms with Gasteiger partial charge in [0.1, 0.15) is 6.10 Å². The van der Waals surface area contributed by atoms with E-state index >= 15 is 0 Å². The maximum Gasteiger partial charge on any atom is 0.412 e. The highest BCUT2D eigenvalue weighted by Gasteiger charge is 2.14. The van der Waals surface area contributed by atoms with Crippen LogP contribution in [0.3, 0.4) is 0 Å². The third-order valence-electron chi connectivity index (χ3n) is 3.09. The van der Waals surface area contributed by atoms with Crippen LogP contribution in [0, 0.1) is 0 Å². The minimum Gasteiger partial charge on any atom is -0.491 e. The standard InChI is InChI=1S/C17H17Cl2NO3/c1-3-22-16-14(18)9-13(10-15(16)19)20-17(21)23-11(2)12-7-5-4-6-8-12/h4-11H,3H2,1-2H3,(H,20,21). The summed E-state index contributed by atoms with van der Waals surface area (Å²) in [6.45, 7) is 4.08. The van der Waals surface area contributed by atoms with E-state index in [0.29, 0.717) is 28.1 Å². The molecule has 0 saturated carbocycles. The largest absolute Gasteiger partial charge is 0.491 e. The minimum absolute atomic E-state index is 0.325. The monoisotopic (exact) mass is 353 g/mol. The molecule has 0 saturated heterocycles. The normalized spacial score (nSPS) is 11.7. The van der Waals surface area contributed by atoms with Crippen molar-refractivity contribution >= 4 is 35.0 Å². The summed E-state index contributed by atoms with van der Waals surface area (Å²) in [7, 11) is 0. The molecule has 0 radical (unpaired) electrons. The van der Waals surface area contributed by atoms with Gasteiger partial charge in [-0.25, -0.2) is 4.79 Å². The molecule has 0 aromatic heterocycles. The van der Waals surface area contributed by atoms with Gasteiger partial charge in [0.25, 0.3) is 0 Å². The van der Waals surface area contributed by atoms with E-state index in [1.165, 1.54) is 0 Å². The summed E-state index contributed by atoms with van der Waals surface area (Å²) in [5.74, 6) is 0.396. The van der Waals surface area contributed by atoms with Gasteiger partial charge >= 0.3 is 6.09 Å². The van der Waals surface area contributed by atoms with Crippen molar-refractivity contribution in [2.24, 2.45) is 0 Å². The number of carbonyl (C=O) groups is 1. The van der Waals surface area contributed by atoms with Crippen LogP contribution in [-0.4, -0.2) is 12.7 Å². The molecule has 0 bridgehead atoms. The van der Waals surface area contributed by atoms with Crippen molar-refractivity contribution in [1.82, 2.24) is 0 Å². The van der Waals surface area contributed by atoms with Crippen molar-refractivity contribution in [2.75, 3.05) is 11.9 Å². The second-order valence-electron chi connectivity index (χ2n) is 4.79. The molecule has 0 heterocycles. The van der Waals surface area contributed by atoms with Crippen LogP contribution in [0.1, 0.15) is 25.5 Å². The van der Waals surface area contributed by atoms with Crippen LogP contribution >= 0.6 is 23.2 Å². The number of rotatable bonds is 5. The molecule has 1 N–H and O–H groups in total. The second kappa shape index (κ2) is 8.09. The fourth-order valence-electron chi connectivity index (χ4n) is 2.01. The van der Waals surface area contributed by atoms with Crippen molar-refractivity contribution in [3.8, 4) is 5.75 Å². The number of anilines is 1. The highest BCUT2D eigenvalue weighted by Crippen LogP contribution is 2.36. The van der Waals surface area contributed by atoms with Crippen molar-refractivity contribution in [3.05, 3.63) is 58.1 Å². The molecule has 1 unspecified atom stereocenters. The quantitative estimate of drug-likeness (QED) is 0.749. The van der Waals surface area contributed by atoms with Crippen LogP contribution in [0.5, 0.6) is 5.75 Å². The Bertz CT molecular complexity index is 654. The number of carbonyl (C=O) groups excluding carboxylic acids is 1. The van der Waals surface area contributed by atoms with Crippen LogP contribution in [0.15, 0.2) is 42.5 Å². The predicted molar refractivity (Wildman–Crippen MR) is 92.6 cm³/mol. The van der Waals surface area contributed by atoms with Gasteiger partial charge in [-0.15, -0.1) is 0 Å². The van der Waals surface area contributed by atoms with E-state index in [1.807, 2.05) is 37.3 Å². The number of amides is 1. The lowest BCUT2D eigenvalue weighted by molar-refractivity contribution is 0.121. The molecule has 1 atom stereocenters. The summed E-state index contributed by atoms with van der Waals surface area (Å²) < 4.78 is 10.7. The van der Waals surface area contributed by atoms with E-state index in [9.17, 15) is 4.79 Å². The molecule has 0 spiro atoms. The Morgan fingerprint density at radius 3 is 2.35 bits per heavy atom. The Balaban J connectivity index is 2.03. The molecule has 2 aromatic rings. The summed E-state index contributed by atoms with van der Waals surface area (Å²) in [5.41, 5.74) is 1.35. The highest BCUT2D eigenvalue weighted by molar-refractivity contribution is 6.37. The van der Waals surface area contributed by atoms with Gasteiger partial charge in [0.15, 0.2) is 5.75 Å². The van der Waals surface area contributed by atoms with Crippen LogP contribution in [-0.2, 0) is 4.74 Å². The molecular formula is C17H17Cl2NO3. The summed E-state index contributed by atoms with van der Waals surface area (Å²) in [5, 5.41) is 3.26. The van der Waals surface area contributed by atoms with Crippen LogP contribution in [0.4, 0.5) is 10.5 Å². The fraction of sp³-hybridized carbons (Fsp3) is 0.235. The maximum absolute atomic E-state index is 12.0. The minimum atomic E-state index is -0.586. The van der Waals surface area contributed by atoms with Crippen LogP contribution < -0.4 is 10.1 Å². The Hall–Kier alpha value is -1.91. The number of ether oxygens (including phenoxy) is 2. The Kier molecular flexibility index (Phi) is 6.13. The average Bonchev–Trinajstić information content (AvgIpc) is 2.51. The maximum atomic E-state index is 12.0. The first-order valence-electron chi connectivity index (χ1n) is 7.15. The smallest absolute Gasteiger partial charge is 0.412 e. The molecule has 0 fully saturated rings. The highest BCUT2D eigenvalue weighted by atomic mass is 35.5. The third-order valence-corrected chi connectivity index (χ3v) is 3.65. The Morgan fingerprint density at radius 1 is 1.17 bits per heavy atom. The number of hydrogen-bond acceptors (Lipinski definition) is 3. The van der Waals surface area contributed by atoms with Crippen molar-refractivity contribution < 1.29 is 14.3 Å². The number of halogens is 2. The van der Waals surface area contributed by atoms with E-state index in [-0.39, 0.29) is 6.10 Å². The fourth-order valence-corrected chi connectivity index (χ4v) is 2.61. The summed E-state index contributed by atoms with van der Waals surface area (Å²) in [6, 6.07) is 12.6. The van der Waals surface area contributed by atoms with Gasteiger partial charge < -0.3 is 9.47 Å². The van der Waals surface area contributed by atoms with Crippen molar-refractivity contribution in [1.29, 1.82) is 0 Å². The molecule has 0 aliphatic heterocycles. The number of hydrogen-bond donors (Lipinski definition) is 1. The van der Waals surface area contributed by atoms with Gasteiger partial charge in [0.2, 0.25) is 0 Å². The average molecular weight is 354 g/mol. The third kappa shape index (κ3) is 4.78. The Morgan fingerprint density at radius 2 is 1.78 bits per heavy atom. The van der Waals surface area contributed by atoms with E-state index in [0.717, 1.165) is 5.56 Å². The van der Waals surface area contributed by atoms with Gasteiger partial charge in [-0.05, 0) is 31.5 Å². The van der Waals surface area contributed by atoms with Crippen LogP contribution in [0.25, 0.3) is 0 Å². The van der Waals surface area contributed by atoms with Crippen molar-refractivity contribution in [3.63, 3.8) is 0 Å². The SMILES string of the molecule is CCOc1c(Cl)cc(NC(=O)OC(C)c2ccccc2)cc1Cl. The van der Waals surface area contributed by atoms with E-state index in [4.69, 9.17) is 32.7 Å². The molecule has 6 heteroatoms. The lowest BCUT2D eigenvalue weighted by atomic mass is 10.1. The molecule has 0 aliphatic rings.